The van der Waals surface area contributed by atoms with Crippen molar-refractivity contribution in [1.29, 1.82) is 0 Å². The van der Waals surface area contributed by atoms with Crippen molar-refractivity contribution in [2.75, 3.05) is 13.1 Å². The van der Waals surface area contributed by atoms with Gasteiger partial charge in [0.25, 0.3) is 5.91 Å². The fourth-order valence-corrected chi connectivity index (χ4v) is 3.03. The highest BCUT2D eigenvalue weighted by Crippen LogP contribution is 2.24. The van der Waals surface area contributed by atoms with Gasteiger partial charge in [-0.2, -0.15) is 0 Å². The summed E-state index contributed by atoms with van der Waals surface area (Å²) >= 11 is 0. The van der Waals surface area contributed by atoms with E-state index in [1.807, 2.05) is 6.07 Å². The molecule has 6 nitrogen and oxygen atoms in total. The smallest absolute Gasteiger partial charge is 0.395 e. The molecule has 1 aliphatic heterocycles. The molecule has 1 fully saturated rings. The topological polar surface area (TPSA) is 76.6 Å². The van der Waals surface area contributed by atoms with Gasteiger partial charge in [-0.3, -0.25) is 14.9 Å². The van der Waals surface area contributed by atoms with Gasteiger partial charge in [-0.25, -0.2) is 4.39 Å². The summed E-state index contributed by atoms with van der Waals surface area (Å²) in [5.41, 5.74) is 0.960. The van der Waals surface area contributed by atoms with E-state index in [4.69, 9.17) is 4.42 Å². The normalized spacial score (nSPS) is 15.5. The highest BCUT2D eigenvalue weighted by molar-refractivity contribution is 5.91. The van der Waals surface area contributed by atoms with Crippen molar-refractivity contribution in [1.82, 2.24) is 4.90 Å². The van der Waals surface area contributed by atoms with Crippen LogP contribution < -0.4 is 0 Å². The van der Waals surface area contributed by atoms with Gasteiger partial charge in [0.15, 0.2) is 5.76 Å². The van der Waals surface area contributed by atoms with Crippen molar-refractivity contribution in [2.45, 2.75) is 19.3 Å². The SMILES string of the molecule is O=C(c1ccc([N+](=O)[O-])o1)N1CCC(Cc2cccc(F)c2)CC1. The lowest BCUT2D eigenvalue weighted by Crippen LogP contribution is -2.38. The number of piperidine rings is 1. The van der Waals surface area contributed by atoms with Crippen molar-refractivity contribution >= 4 is 11.8 Å². The van der Waals surface area contributed by atoms with Crippen LogP contribution in [0.5, 0.6) is 0 Å². The van der Waals surface area contributed by atoms with Gasteiger partial charge in [0.1, 0.15) is 10.7 Å². The number of amides is 1. The molecule has 0 spiro atoms. The number of nitrogens with zero attached hydrogens (tertiary/aromatic N) is 2. The zero-order valence-corrected chi connectivity index (χ0v) is 13.0. The minimum absolute atomic E-state index is 0.00900. The number of carbonyl (C=O) groups is 1. The molecule has 0 aliphatic carbocycles. The summed E-state index contributed by atoms with van der Waals surface area (Å²) in [4.78, 5) is 23.9. The summed E-state index contributed by atoms with van der Waals surface area (Å²) in [6, 6.07) is 9.09. The number of rotatable bonds is 4. The van der Waals surface area contributed by atoms with Crippen molar-refractivity contribution in [3.8, 4) is 0 Å². The third kappa shape index (κ3) is 3.61. The van der Waals surface area contributed by atoms with Crippen LogP contribution in [0.15, 0.2) is 40.8 Å². The van der Waals surface area contributed by atoms with E-state index < -0.39 is 10.8 Å². The van der Waals surface area contributed by atoms with Gasteiger partial charge in [0.05, 0.1) is 6.07 Å². The first-order chi connectivity index (χ1) is 11.5. The number of hydrogen-bond donors (Lipinski definition) is 0. The third-order valence-electron chi connectivity index (χ3n) is 4.30. The lowest BCUT2D eigenvalue weighted by molar-refractivity contribution is -0.402. The average Bonchev–Trinajstić information content (AvgIpc) is 3.05. The summed E-state index contributed by atoms with van der Waals surface area (Å²) < 4.78 is 18.2. The largest absolute Gasteiger partial charge is 0.433 e. The second-order valence-electron chi connectivity index (χ2n) is 5.96. The molecule has 0 N–H and O–H groups in total. The molecule has 1 amide bonds. The van der Waals surface area contributed by atoms with Gasteiger partial charge in [0, 0.05) is 13.1 Å². The number of hydrogen-bond acceptors (Lipinski definition) is 4. The minimum atomic E-state index is -0.665. The predicted molar refractivity (Wildman–Crippen MR) is 84.1 cm³/mol. The molecule has 7 heteroatoms. The maximum Gasteiger partial charge on any atom is 0.433 e. The lowest BCUT2D eigenvalue weighted by atomic mass is 9.90. The first-order valence-electron chi connectivity index (χ1n) is 7.81. The van der Waals surface area contributed by atoms with Crippen molar-refractivity contribution in [3.63, 3.8) is 0 Å². The molecule has 0 unspecified atom stereocenters. The van der Waals surface area contributed by atoms with Crippen molar-refractivity contribution in [3.05, 3.63) is 63.7 Å². The molecule has 1 aromatic heterocycles. The van der Waals surface area contributed by atoms with Crippen molar-refractivity contribution < 1.29 is 18.5 Å². The molecule has 1 aromatic carbocycles. The molecular weight excluding hydrogens is 315 g/mol. The Morgan fingerprint density at radius 1 is 1.29 bits per heavy atom. The standard InChI is InChI=1S/C17H17FN2O4/c18-14-3-1-2-13(11-14)10-12-6-8-19(9-7-12)17(21)15-4-5-16(24-15)20(22)23/h1-5,11-12H,6-10H2. The second kappa shape index (κ2) is 6.82. The minimum Gasteiger partial charge on any atom is -0.395 e. The molecule has 0 radical (unpaired) electrons. The van der Waals surface area contributed by atoms with Gasteiger partial charge >= 0.3 is 5.88 Å². The van der Waals surface area contributed by atoms with Gasteiger partial charge in [0.2, 0.25) is 0 Å². The van der Waals surface area contributed by atoms with E-state index in [9.17, 15) is 19.3 Å². The van der Waals surface area contributed by atoms with E-state index in [-0.39, 0.29) is 17.5 Å². The quantitative estimate of drug-likeness (QED) is 0.635. The van der Waals surface area contributed by atoms with Crippen LogP contribution in [0.25, 0.3) is 0 Å². The van der Waals surface area contributed by atoms with Gasteiger partial charge in [-0.05, 0) is 48.9 Å². The molecule has 0 bridgehead atoms. The molecule has 126 valence electrons. The number of carbonyl (C=O) groups excluding carboxylic acids is 1. The maximum atomic E-state index is 13.2. The highest BCUT2D eigenvalue weighted by Gasteiger charge is 2.27. The van der Waals surface area contributed by atoms with Gasteiger partial charge in [-0.15, -0.1) is 0 Å². The summed E-state index contributed by atoms with van der Waals surface area (Å²) in [6.45, 7) is 1.13. The van der Waals surface area contributed by atoms with Gasteiger partial charge < -0.3 is 9.32 Å². The van der Waals surface area contributed by atoms with Crippen LogP contribution in [-0.4, -0.2) is 28.8 Å². The average molecular weight is 332 g/mol. The first-order valence-corrected chi connectivity index (χ1v) is 7.81. The molecule has 2 heterocycles. The summed E-state index contributed by atoms with van der Waals surface area (Å²) in [6.07, 6.45) is 2.40. The highest BCUT2D eigenvalue weighted by atomic mass is 19.1. The second-order valence-corrected chi connectivity index (χ2v) is 5.96. The summed E-state index contributed by atoms with van der Waals surface area (Å²) in [7, 11) is 0. The van der Waals surface area contributed by atoms with Crippen LogP contribution in [0.2, 0.25) is 0 Å². The summed E-state index contributed by atoms with van der Waals surface area (Å²) in [5, 5.41) is 10.6. The molecule has 0 atom stereocenters. The zero-order chi connectivity index (χ0) is 17.1. The van der Waals surface area contributed by atoms with Crippen molar-refractivity contribution in [2.24, 2.45) is 5.92 Å². The Hall–Kier alpha value is -2.70. The maximum absolute atomic E-state index is 13.2. The number of furan rings is 1. The number of halogens is 1. The molecule has 1 saturated heterocycles. The Labute approximate surface area is 138 Å². The monoisotopic (exact) mass is 332 g/mol. The van der Waals surface area contributed by atoms with Crippen LogP contribution in [-0.2, 0) is 6.42 Å². The zero-order valence-electron chi connectivity index (χ0n) is 13.0. The van der Waals surface area contributed by atoms with E-state index in [2.05, 4.69) is 0 Å². The third-order valence-corrected chi connectivity index (χ3v) is 4.30. The Morgan fingerprint density at radius 2 is 2.04 bits per heavy atom. The van der Waals surface area contributed by atoms with Crippen LogP contribution >= 0.6 is 0 Å². The van der Waals surface area contributed by atoms with Crippen LogP contribution in [0.1, 0.15) is 29.0 Å². The lowest BCUT2D eigenvalue weighted by Gasteiger charge is -2.31. The summed E-state index contributed by atoms with van der Waals surface area (Å²) in [5.74, 6) is -0.613. The molecule has 24 heavy (non-hydrogen) atoms. The van der Waals surface area contributed by atoms with E-state index in [1.54, 1.807) is 17.0 Å². The predicted octanol–water partition coefficient (Wildman–Crippen LogP) is 3.42. The molecule has 2 aromatic rings. The number of likely N-dealkylation sites (tertiary alicyclic amines) is 1. The van der Waals surface area contributed by atoms with E-state index in [0.717, 1.165) is 24.8 Å². The molecule has 1 aliphatic rings. The Balaban J connectivity index is 1.56. The molecule has 0 saturated carbocycles. The Bertz CT molecular complexity index is 751. The number of benzene rings is 1. The first kappa shape index (κ1) is 16.2. The Kier molecular flexibility index (Phi) is 4.59. The van der Waals surface area contributed by atoms with Crippen LogP contribution in [0.4, 0.5) is 10.3 Å². The van der Waals surface area contributed by atoms with E-state index in [1.165, 1.54) is 18.2 Å². The van der Waals surface area contributed by atoms with Crippen LogP contribution in [0, 0.1) is 21.8 Å². The number of nitro groups is 1. The fourth-order valence-electron chi connectivity index (χ4n) is 3.03. The molecule has 3 rings (SSSR count). The van der Waals surface area contributed by atoms with E-state index in [0.29, 0.717) is 19.0 Å². The Morgan fingerprint density at radius 3 is 2.67 bits per heavy atom. The fraction of sp³-hybridized carbons (Fsp3) is 0.353. The molecular formula is C17H17FN2O4. The van der Waals surface area contributed by atoms with Gasteiger partial charge in [-0.1, -0.05) is 12.1 Å². The van der Waals surface area contributed by atoms with Crippen LogP contribution in [0.3, 0.4) is 0 Å². The van der Waals surface area contributed by atoms with E-state index >= 15 is 0 Å².